The number of rotatable bonds is 5. The number of nitrogens with two attached hydrogens (primary N) is 1. The first-order chi connectivity index (χ1) is 9.30. The molecule has 3 N–H and O–H groups in total. The second-order valence-electron chi connectivity index (χ2n) is 4.35. The zero-order valence-corrected chi connectivity index (χ0v) is 12.4. The molecule has 0 aliphatic rings. The Morgan fingerprint density at radius 1 is 1.14 bits per heavy atom. The quantitative estimate of drug-likeness (QED) is 0.776. The van der Waals surface area contributed by atoms with Gasteiger partial charge in [-0.3, -0.25) is 4.72 Å². The number of sulfonamides is 1. The van der Waals surface area contributed by atoms with Gasteiger partial charge in [-0.05, 0) is 18.2 Å². The van der Waals surface area contributed by atoms with Crippen molar-refractivity contribution >= 4 is 31.2 Å². The van der Waals surface area contributed by atoms with Crippen LogP contribution < -0.4 is 10.5 Å². The van der Waals surface area contributed by atoms with Gasteiger partial charge in [0.1, 0.15) is 9.84 Å². The maximum atomic E-state index is 12.6. The minimum Gasteiger partial charge on any atom is -0.398 e. The molecule has 21 heavy (non-hydrogen) atoms. The molecule has 120 valence electrons. The molecule has 0 radical (unpaired) electrons. The highest BCUT2D eigenvalue weighted by molar-refractivity contribution is 7.95. The normalized spacial score (nSPS) is 13.1. The standard InChI is InChI=1S/C10H13F3N2O4S2/c1-20(16,17)4-5-21(18,19)15-7-2-3-9(14)8(6-7)10(11,12)13/h2-3,6,15H,4-5,14H2,1H3. The Balaban J connectivity index is 2.98. The summed E-state index contributed by atoms with van der Waals surface area (Å²) in [4.78, 5) is 0. The molecule has 0 saturated carbocycles. The van der Waals surface area contributed by atoms with E-state index in [9.17, 15) is 30.0 Å². The van der Waals surface area contributed by atoms with Gasteiger partial charge >= 0.3 is 6.18 Å². The molecule has 0 aliphatic carbocycles. The molecule has 1 aromatic rings. The van der Waals surface area contributed by atoms with Crippen LogP contribution in [0.1, 0.15) is 5.56 Å². The topological polar surface area (TPSA) is 106 Å². The maximum absolute atomic E-state index is 12.6. The van der Waals surface area contributed by atoms with Crippen LogP contribution in [-0.2, 0) is 26.0 Å². The number of alkyl halides is 3. The molecule has 0 bridgehead atoms. The van der Waals surface area contributed by atoms with Crippen molar-refractivity contribution in [3.05, 3.63) is 23.8 Å². The SMILES string of the molecule is CS(=O)(=O)CCS(=O)(=O)Nc1ccc(N)c(C(F)(F)F)c1. The summed E-state index contributed by atoms with van der Waals surface area (Å²) in [5, 5.41) is 0. The minimum absolute atomic E-state index is 0.343. The monoisotopic (exact) mass is 346 g/mol. The highest BCUT2D eigenvalue weighted by atomic mass is 32.2. The molecule has 0 fully saturated rings. The van der Waals surface area contributed by atoms with Gasteiger partial charge in [0.25, 0.3) is 0 Å². The summed E-state index contributed by atoms with van der Waals surface area (Å²) in [5.41, 5.74) is 3.12. The van der Waals surface area contributed by atoms with Crippen molar-refractivity contribution in [1.29, 1.82) is 0 Å². The van der Waals surface area contributed by atoms with Crippen LogP contribution in [0.4, 0.5) is 24.5 Å². The molecule has 0 saturated heterocycles. The fourth-order valence-corrected chi connectivity index (χ4v) is 4.03. The lowest BCUT2D eigenvalue weighted by atomic mass is 10.1. The van der Waals surface area contributed by atoms with Crippen molar-refractivity contribution in [1.82, 2.24) is 0 Å². The fourth-order valence-electron chi connectivity index (χ4n) is 1.36. The van der Waals surface area contributed by atoms with E-state index >= 15 is 0 Å². The Labute approximate surface area is 120 Å². The lowest BCUT2D eigenvalue weighted by molar-refractivity contribution is -0.136. The first-order valence-corrected chi connectivity index (χ1v) is 9.16. The number of hydrogen-bond donors (Lipinski definition) is 2. The van der Waals surface area contributed by atoms with Gasteiger partial charge in [-0.2, -0.15) is 13.2 Å². The second kappa shape index (κ2) is 5.72. The minimum atomic E-state index is -4.72. The third-order valence-corrected chi connectivity index (χ3v) is 4.85. The Kier molecular flexibility index (Phi) is 4.78. The second-order valence-corrected chi connectivity index (χ2v) is 8.45. The van der Waals surface area contributed by atoms with Crippen molar-refractivity contribution in [3.8, 4) is 0 Å². The van der Waals surface area contributed by atoms with Crippen molar-refractivity contribution in [3.63, 3.8) is 0 Å². The fraction of sp³-hybridized carbons (Fsp3) is 0.400. The summed E-state index contributed by atoms with van der Waals surface area (Å²) in [5.74, 6) is -1.39. The third-order valence-electron chi connectivity index (χ3n) is 2.35. The molecule has 0 atom stereocenters. The Morgan fingerprint density at radius 3 is 2.19 bits per heavy atom. The van der Waals surface area contributed by atoms with Gasteiger partial charge in [0.15, 0.2) is 0 Å². The third kappa shape index (κ3) is 5.79. The first-order valence-electron chi connectivity index (χ1n) is 5.45. The van der Waals surface area contributed by atoms with E-state index in [2.05, 4.69) is 0 Å². The van der Waals surface area contributed by atoms with Crippen LogP contribution in [0.2, 0.25) is 0 Å². The highest BCUT2D eigenvalue weighted by Crippen LogP contribution is 2.35. The highest BCUT2D eigenvalue weighted by Gasteiger charge is 2.33. The molecule has 0 amide bonds. The molecule has 0 unspecified atom stereocenters. The number of nitrogens with one attached hydrogen (secondary N) is 1. The zero-order valence-electron chi connectivity index (χ0n) is 10.8. The summed E-state index contributed by atoms with van der Waals surface area (Å²) in [6, 6.07) is 2.52. The Hall–Kier alpha value is -1.49. The average Bonchev–Trinajstić information content (AvgIpc) is 2.27. The van der Waals surface area contributed by atoms with Gasteiger partial charge < -0.3 is 5.73 Å². The molecule has 1 rings (SSSR count). The van der Waals surface area contributed by atoms with Gasteiger partial charge in [-0.25, -0.2) is 16.8 Å². The average molecular weight is 346 g/mol. The maximum Gasteiger partial charge on any atom is 0.418 e. The van der Waals surface area contributed by atoms with Crippen molar-refractivity contribution in [2.75, 3.05) is 28.2 Å². The van der Waals surface area contributed by atoms with Gasteiger partial charge in [0.2, 0.25) is 10.0 Å². The summed E-state index contributed by atoms with van der Waals surface area (Å²) in [6.45, 7) is 0. The molecule has 6 nitrogen and oxygen atoms in total. The van der Waals surface area contributed by atoms with Crippen LogP contribution >= 0.6 is 0 Å². The lowest BCUT2D eigenvalue weighted by Crippen LogP contribution is -2.22. The molecular formula is C10H13F3N2O4S2. The molecule has 0 aliphatic heterocycles. The van der Waals surface area contributed by atoms with Gasteiger partial charge in [0.05, 0.1) is 17.1 Å². The number of halogens is 3. The van der Waals surface area contributed by atoms with Crippen LogP contribution in [0.3, 0.4) is 0 Å². The molecule has 0 heterocycles. The van der Waals surface area contributed by atoms with Crippen molar-refractivity contribution < 1.29 is 30.0 Å². The molecule has 11 heteroatoms. The molecule has 0 spiro atoms. The van der Waals surface area contributed by atoms with Crippen LogP contribution in [0.15, 0.2) is 18.2 Å². The predicted molar refractivity (Wildman–Crippen MR) is 73.0 cm³/mol. The van der Waals surface area contributed by atoms with E-state index in [1.54, 1.807) is 0 Å². The van der Waals surface area contributed by atoms with E-state index < -0.39 is 48.8 Å². The molecule has 1 aromatic carbocycles. The summed E-state index contributed by atoms with van der Waals surface area (Å²) in [7, 11) is -7.59. The van der Waals surface area contributed by atoms with E-state index in [1.165, 1.54) is 0 Å². The van der Waals surface area contributed by atoms with Gasteiger partial charge in [0, 0.05) is 17.6 Å². The number of benzene rings is 1. The Bertz CT molecular complexity index is 727. The van der Waals surface area contributed by atoms with E-state index in [1.807, 2.05) is 4.72 Å². The van der Waals surface area contributed by atoms with Crippen LogP contribution in [0.5, 0.6) is 0 Å². The van der Waals surface area contributed by atoms with E-state index in [0.717, 1.165) is 18.4 Å². The number of sulfone groups is 1. The summed E-state index contributed by atoms with van der Waals surface area (Å²) < 4.78 is 84.8. The van der Waals surface area contributed by atoms with Crippen LogP contribution in [0.25, 0.3) is 0 Å². The first kappa shape index (κ1) is 17.6. The lowest BCUT2D eigenvalue weighted by Gasteiger charge is -2.13. The smallest absolute Gasteiger partial charge is 0.398 e. The van der Waals surface area contributed by atoms with Crippen molar-refractivity contribution in [2.24, 2.45) is 0 Å². The van der Waals surface area contributed by atoms with Crippen LogP contribution in [0, 0.1) is 0 Å². The molecule has 0 aromatic heterocycles. The Morgan fingerprint density at radius 2 is 1.71 bits per heavy atom. The van der Waals surface area contributed by atoms with Crippen LogP contribution in [-0.4, -0.2) is 34.6 Å². The van der Waals surface area contributed by atoms with Crippen molar-refractivity contribution in [2.45, 2.75) is 6.18 Å². The summed E-state index contributed by atoms with van der Waals surface area (Å²) >= 11 is 0. The van der Waals surface area contributed by atoms with E-state index in [0.29, 0.717) is 6.07 Å². The number of nitrogen functional groups attached to an aromatic ring is 1. The zero-order chi connectivity index (χ0) is 16.5. The van der Waals surface area contributed by atoms with E-state index in [4.69, 9.17) is 5.73 Å². The summed E-state index contributed by atoms with van der Waals surface area (Å²) in [6.07, 6.45) is -3.87. The van der Waals surface area contributed by atoms with E-state index in [-0.39, 0.29) is 5.69 Å². The largest absolute Gasteiger partial charge is 0.418 e. The van der Waals surface area contributed by atoms with Gasteiger partial charge in [-0.1, -0.05) is 0 Å². The number of anilines is 2. The number of hydrogen-bond acceptors (Lipinski definition) is 5. The predicted octanol–water partition coefficient (Wildman–Crippen LogP) is 1.07. The van der Waals surface area contributed by atoms with Gasteiger partial charge in [-0.15, -0.1) is 0 Å². The molecular weight excluding hydrogens is 333 g/mol.